The molecule has 2 N–H and O–H groups in total. The Morgan fingerprint density at radius 2 is 1.86 bits per heavy atom. The van der Waals surface area contributed by atoms with Crippen LogP contribution in [0.25, 0.3) is 0 Å². The molecule has 1 saturated heterocycles. The van der Waals surface area contributed by atoms with E-state index < -0.39 is 5.60 Å². The van der Waals surface area contributed by atoms with Gasteiger partial charge >= 0.3 is 6.09 Å². The Morgan fingerprint density at radius 3 is 2.45 bits per heavy atom. The van der Waals surface area contributed by atoms with Crippen molar-refractivity contribution in [2.24, 2.45) is 5.41 Å². The SMILES string of the molecule is CC(C)(C)OC(=O)NCC1(Cc2ccccc2)CCNCC1. The zero-order valence-electron chi connectivity index (χ0n) is 13.9. The largest absolute Gasteiger partial charge is 0.444 e. The highest BCUT2D eigenvalue weighted by molar-refractivity contribution is 5.67. The van der Waals surface area contributed by atoms with Crippen molar-refractivity contribution in [3.8, 4) is 0 Å². The molecule has 1 aliphatic rings. The molecule has 122 valence electrons. The lowest BCUT2D eigenvalue weighted by atomic mass is 9.74. The van der Waals surface area contributed by atoms with Gasteiger partial charge in [0.25, 0.3) is 0 Å². The number of ether oxygens (including phenoxy) is 1. The normalized spacial score (nSPS) is 17.8. The third-order valence-corrected chi connectivity index (χ3v) is 4.09. The van der Waals surface area contributed by atoms with Crippen molar-refractivity contribution < 1.29 is 9.53 Å². The summed E-state index contributed by atoms with van der Waals surface area (Å²) in [5.74, 6) is 0. The Hall–Kier alpha value is -1.55. The summed E-state index contributed by atoms with van der Waals surface area (Å²) in [6.45, 7) is 8.33. The van der Waals surface area contributed by atoms with Crippen LogP contribution in [0.5, 0.6) is 0 Å². The Balaban J connectivity index is 1.98. The van der Waals surface area contributed by atoms with Gasteiger partial charge in [-0.1, -0.05) is 30.3 Å². The van der Waals surface area contributed by atoms with E-state index in [-0.39, 0.29) is 11.5 Å². The molecule has 4 heteroatoms. The van der Waals surface area contributed by atoms with Crippen molar-refractivity contribution in [2.75, 3.05) is 19.6 Å². The van der Waals surface area contributed by atoms with E-state index in [4.69, 9.17) is 4.74 Å². The number of rotatable bonds is 4. The highest BCUT2D eigenvalue weighted by atomic mass is 16.6. The fourth-order valence-electron chi connectivity index (χ4n) is 2.98. The summed E-state index contributed by atoms with van der Waals surface area (Å²) in [6.07, 6.45) is 2.80. The maximum Gasteiger partial charge on any atom is 0.407 e. The summed E-state index contributed by atoms with van der Waals surface area (Å²) in [5, 5.41) is 6.39. The molecular weight excluding hydrogens is 276 g/mol. The molecular formula is C18H28N2O2. The number of hydrogen-bond donors (Lipinski definition) is 2. The second-order valence-electron chi connectivity index (χ2n) is 7.27. The first kappa shape index (κ1) is 16.8. The van der Waals surface area contributed by atoms with Crippen molar-refractivity contribution >= 4 is 6.09 Å². The maximum absolute atomic E-state index is 11.9. The molecule has 0 bridgehead atoms. The third-order valence-electron chi connectivity index (χ3n) is 4.09. The van der Waals surface area contributed by atoms with E-state index in [1.165, 1.54) is 5.56 Å². The van der Waals surface area contributed by atoms with Crippen molar-refractivity contribution in [3.63, 3.8) is 0 Å². The summed E-state index contributed by atoms with van der Waals surface area (Å²) in [6, 6.07) is 10.5. The van der Waals surface area contributed by atoms with E-state index in [1.54, 1.807) is 0 Å². The van der Waals surface area contributed by atoms with Gasteiger partial charge in [-0.3, -0.25) is 0 Å². The summed E-state index contributed by atoms with van der Waals surface area (Å²) >= 11 is 0. The van der Waals surface area contributed by atoms with Crippen LogP contribution in [0.1, 0.15) is 39.2 Å². The van der Waals surface area contributed by atoms with E-state index in [0.29, 0.717) is 6.54 Å². The molecule has 0 atom stereocenters. The smallest absolute Gasteiger partial charge is 0.407 e. The number of carbonyl (C=O) groups is 1. The zero-order valence-corrected chi connectivity index (χ0v) is 13.9. The van der Waals surface area contributed by atoms with Gasteiger partial charge in [-0.25, -0.2) is 4.79 Å². The Morgan fingerprint density at radius 1 is 1.23 bits per heavy atom. The summed E-state index contributed by atoms with van der Waals surface area (Å²) in [7, 11) is 0. The first-order valence-corrected chi connectivity index (χ1v) is 8.10. The van der Waals surface area contributed by atoms with Crippen LogP contribution in [0.15, 0.2) is 30.3 Å². The van der Waals surface area contributed by atoms with Crippen LogP contribution >= 0.6 is 0 Å². The summed E-state index contributed by atoms with van der Waals surface area (Å²) in [4.78, 5) is 11.9. The molecule has 0 aromatic heterocycles. The van der Waals surface area contributed by atoms with Crippen LogP contribution in [0.4, 0.5) is 4.79 Å². The van der Waals surface area contributed by atoms with Crippen molar-refractivity contribution in [2.45, 2.75) is 45.6 Å². The van der Waals surface area contributed by atoms with Crippen LogP contribution in [0.3, 0.4) is 0 Å². The topological polar surface area (TPSA) is 50.4 Å². The predicted octanol–water partition coefficient (Wildman–Crippen LogP) is 3.12. The second kappa shape index (κ2) is 7.14. The van der Waals surface area contributed by atoms with Crippen molar-refractivity contribution in [1.82, 2.24) is 10.6 Å². The van der Waals surface area contributed by atoms with Gasteiger partial charge in [0.05, 0.1) is 0 Å². The van der Waals surface area contributed by atoms with Crippen LogP contribution in [-0.2, 0) is 11.2 Å². The molecule has 4 nitrogen and oxygen atoms in total. The number of amides is 1. The minimum absolute atomic E-state index is 0.115. The van der Waals surface area contributed by atoms with Crippen LogP contribution in [0, 0.1) is 5.41 Å². The first-order valence-electron chi connectivity index (χ1n) is 8.10. The molecule has 1 fully saturated rings. The van der Waals surface area contributed by atoms with Crippen molar-refractivity contribution in [1.29, 1.82) is 0 Å². The Labute approximate surface area is 133 Å². The number of alkyl carbamates (subject to hydrolysis) is 1. The standard InChI is InChI=1S/C18H28N2O2/c1-17(2,3)22-16(21)20-14-18(9-11-19-12-10-18)13-15-7-5-4-6-8-15/h4-8,19H,9-14H2,1-3H3,(H,20,21). The lowest BCUT2D eigenvalue weighted by molar-refractivity contribution is 0.0485. The number of hydrogen-bond acceptors (Lipinski definition) is 3. The van der Waals surface area contributed by atoms with Crippen LogP contribution in [-0.4, -0.2) is 31.3 Å². The fourth-order valence-corrected chi connectivity index (χ4v) is 2.98. The van der Waals surface area contributed by atoms with Gasteiger partial charge in [-0.05, 0) is 64.1 Å². The third kappa shape index (κ3) is 5.34. The Kier molecular flexibility index (Phi) is 5.46. The highest BCUT2D eigenvalue weighted by Crippen LogP contribution is 2.32. The van der Waals surface area contributed by atoms with E-state index >= 15 is 0 Å². The second-order valence-corrected chi connectivity index (χ2v) is 7.27. The molecule has 0 radical (unpaired) electrons. The molecule has 22 heavy (non-hydrogen) atoms. The predicted molar refractivity (Wildman–Crippen MR) is 88.9 cm³/mol. The minimum Gasteiger partial charge on any atom is -0.444 e. The molecule has 1 heterocycles. The highest BCUT2D eigenvalue weighted by Gasteiger charge is 2.33. The Bertz CT molecular complexity index is 474. The molecule has 1 amide bonds. The van der Waals surface area contributed by atoms with E-state index in [2.05, 4.69) is 34.9 Å². The lowest BCUT2D eigenvalue weighted by Gasteiger charge is -2.38. The molecule has 0 spiro atoms. The van der Waals surface area contributed by atoms with Gasteiger partial charge in [0.15, 0.2) is 0 Å². The van der Waals surface area contributed by atoms with Gasteiger partial charge in [0, 0.05) is 6.54 Å². The minimum atomic E-state index is -0.454. The summed E-state index contributed by atoms with van der Waals surface area (Å²) < 4.78 is 5.36. The maximum atomic E-state index is 11.9. The van der Waals surface area contributed by atoms with Gasteiger partial charge in [-0.2, -0.15) is 0 Å². The molecule has 0 unspecified atom stereocenters. The molecule has 1 aliphatic heterocycles. The summed E-state index contributed by atoms with van der Waals surface area (Å²) in [5.41, 5.74) is 0.990. The van der Waals surface area contributed by atoms with Gasteiger partial charge in [0.2, 0.25) is 0 Å². The van der Waals surface area contributed by atoms with Gasteiger partial charge < -0.3 is 15.4 Å². The number of piperidine rings is 1. The van der Waals surface area contributed by atoms with Gasteiger partial charge in [0.1, 0.15) is 5.60 Å². The number of benzene rings is 1. The molecule has 0 saturated carbocycles. The molecule has 1 aromatic rings. The van der Waals surface area contributed by atoms with E-state index in [9.17, 15) is 4.79 Å². The van der Waals surface area contributed by atoms with Gasteiger partial charge in [-0.15, -0.1) is 0 Å². The average molecular weight is 304 g/mol. The average Bonchev–Trinajstić information content (AvgIpc) is 2.46. The fraction of sp³-hybridized carbons (Fsp3) is 0.611. The van der Waals surface area contributed by atoms with E-state index in [1.807, 2.05) is 26.8 Å². The number of carbonyl (C=O) groups excluding carboxylic acids is 1. The molecule has 2 rings (SSSR count). The quantitative estimate of drug-likeness (QED) is 0.898. The monoisotopic (exact) mass is 304 g/mol. The zero-order chi connectivity index (χ0) is 16.1. The number of nitrogens with one attached hydrogen (secondary N) is 2. The van der Waals surface area contributed by atoms with Crippen LogP contribution < -0.4 is 10.6 Å². The first-order chi connectivity index (χ1) is 10.4. The molecule has 0 aliphatic carbocycles. The lowest BCUT2D eigenvalue weighted by Crippen LogP contribution is -2.46. The van der Waals surface area contributed by atoms with E-state index in [0.717, 1.165) is 32.4 Å². The molecule has 1 aromatic carbocycles. The van der Waals surface area contributed by atoms with Crippen molar-refractivity contribution in [3.05, 3.63) is 35.9 Å². The van der Waals surface area contributed by atoms with Crippen LogP contribution in [0.2, 0.25) is 0 Å².